The molecule has 6 rings (SSSR count). The Kier molecular flexibility index (Phi) is 7.09. The van der Waals surface area contributed by atoms with Crippen LogP contribution in [0.3, 0.4) is 0 Å². The van der Waals surface area contributed by atoms with Crippen molar-refractivity contribution in [2.75, 3.05) is 13.1 Å². The van der Waals surface area contributed by atoms with Gasteiger partial charge in [-0.25, -0.2) is 4.31 Å². The van der Waals surface area contributed by atoms with E-state index in [0.29, 0.717) is 24.5 Å². The molecule has 2 saturated carbocycles. The van der Waals surface area contributed by atoms with E-state index in [1.165, 1.54) is 11.9 Å². The van der Waals surface area contributed by atoms with Gasteiger partial charge in [0.15, 0.2) is 0 Å². The molecule has 3 heterocycles. The van der Waals surface area contributed by atoms with E-state index in [0.717, 1.165) is 48.1 Å². The Bertz CT molecular complexity index is 1240. The van der Waals surface area contributed by atoms with Crippen molar-refractivity contribution >= 4 is 41.3 Å². The molecule has 1 N–H and O–H groups in total. The van der Waals surface area contributed by atoms with Crippen LogP contribution in [0.5, 0.6) is 0 Å². The van der Waals surface area contributed by atoms with Gasteiger partial charge in [0.25, 0.3) is 0 Å². The molecule has 2 aromatic rings. The van der Waals surface area contributed by atoms with E-state index < -0.39 is 12.1 Å². The lowest BCUT2D eigenvalue weighted by Gasteiger charge is -2.53. The molecule has 10 heteroatoms. The largest absolute Gasteiger partial charge is 0.343 e. The molecular weight excluding hydrogens is 522 g/mol. The van der Waals surface area contributed by atoms with Gasteiger partial charge in [-0.1, -0.05) is 30.2 Å². The van der Waals surface area contributed by atoms with E-state index in [1.54, 1.807) is 17.3 Å². The number of rotatable bonds is 7. The first-order chi connectivity index (χ1) is 18.4. The number of halogens is 1. The van der Waals surface area contributed by atoms with E-state index in [1.807, 2.05) is 42.2 Å². The van der Waals surface area contributed by atoms with Crippen LogP contribution in [0.1, 0.15) is 43.2 Å². The molecule has 0 spiro atoms. The number of pyridine rings is 1. The quantitative estimate of drug-likeness (QED) is 0.529. The highest BCUT2D eigenvalue weighted by atomic mass is 35.5. The number of aryl methyl sites for hydroxylation is 1. The van der Waals surface area contributed by atoms with Crippen molar-refractivity contribution in [3.8, 4) is 0 Å². The number of carbonyl (C=O) groups excluding carboxylic acids is 3. The third kappa shape index (κ3) is 5.03. The van der Waals surface area contributed by atoms with Crippen LogP contribution in [0.4, 0.5) is 0 Å². The number of hydrogen-bond donors (Lipinski definition) is 1. The Morgan fingerprint density at radius 1 is 1.13 bits per heavy atom. The van der Waals surface area contributed by atoms with Crippen molar-refractivity contribution in [3.05, 3.63) is 58.9 Å². The number of carbonyl (C=O) groups is 3. The maximum absolute atomic E-state index is 14.0. The van der Waals surface area contributed by atoms with Gasteiger partial charge in [0.2, 0.25) is 17.7 Å². The van der Waals surface area contributed by atoms with Crippen LogP contribution in [0.25, 0.3) is 0 Å². The summed E-state index contributed by atoms with van der Waals surface area (Å²) in [6, 6.07) is 8.56. The molecule has 0 bridgehead atoms. The molecule has 3 unspecified atom stereocenters. The summed E-state index contributed by atoms with van der Waals surface area (Å²) in [7, 11) is 0. The molecule has 4 aliphatic rings. The lowest BCUT2D eigenvalue weighted by atomic mass is 9.84. The highest BCUT2D eigenvalue weighted by molar-refractivity contribution is 7.97. The average Bonchev–Trinajstić information content (AvgIpc) is 3.70. The summed E-state index contributed by atoms with van der Waals surface area (Å²) >= 11 is 8.12. The minimum atomic E-state index is -0.729. The van der Waals surface area contributed by atoms with Crippen LogP contribution in [-0.2, 0) is 20.8 Å². The van der Waals surface area contributed by atoms with Crippen molar-refractivity contribution in [2.24, 2.45) is 5.92 Å². The summed E-state index contributed by atoms with van der Waals surface area (Å²) in [5.74, 6) is -0.316. The first kappa shape index (κ1) is 25.6. The number of nitrogens with one attached hydrogen (secondary N) is 1. The van der Waals surface area contributed by atoms with E-state index in [2.05, 4.69) is 14.6 Å². The molecule has 1 aromatic carbocycles. The second-order valence-corrected chi connectivity index (χ2v) is 12.3. The van der Waals surface area contributed by atoms with Gasteiger partial charge in [-0.2, -0.15) is 0 Å². The maximum atomic E-state index is 14.0. The van der Waals surface area contributed by atoms with E-state index in [4.69, 9.17) is 11.6 Å². The molecule has 1 aromatic heterocycles. The molecule has 200 valence electrons. The van der Waals surface area contributed by atoms with Gasteiger partial charge in [-0.15, -0.1) is 0 Å². The van der Waals surface area contributed by atoms with Gasteiger partial charge >= 0.3 is 0 Å². The third-order valence-corrected chi connectivity index (χ3v) is 9.67. The van der Waals surface area contributed by atoms with Gasteiger partial charge in [-0.3, -0.25) is 19.4 Å². The summed E-state index contributed by atoms with van der Waals surface area (Å²) in [5, 5.41) is 3.68. The first-order valence-electron chi connectivity index (χ1n) is 13.4. The average molecular weight is 554 g/mol. The number of benzene rings is 1. The minimum Gasteiger partial charge on any atom is -0.343 e. The van der Waals surface area contributed by atoms with Crippen LogP contribution in [0.2, 0.25) is 5.02 Å². The molecule has 38 heavy (non-hydrogen) atoms. The van der Waals surface area contributed by atoms with Gasteiger partial charge in [0.1, 0.15) is 18.2 Å². The normalized spacial score (nSPS) is 26.2. The monoisotopic (exact) mass is 553 g/mol. The van der Waals surface area contributed by atoms with E-state index in [9.17, 15) is 14.4 Å². The van der Waals surface area contributed by atoms with Crippen LogP contribution in [0, 0.1) is 12.8 Å². The third-order valence-electron chi connectivity index (χ3n) is 8.07. The van der Waals surface area contributed by atoms with E-state index >= 15 is 0 Å². The smallest absolute Gasteiger partial charge is 0.248 e. The molecule has 2 aliphatic carbocycles. The maximum Gasteiger partial charge on any atom is 0.248 e. The Morgan fingerprint density at radius 2 is 1.95 bits per heavy atom. The van der Waals surface area contributed by atoms with Gasteiger partial charge < -0.3 is 15.1 Å². The summed E-state index contributed by atoms with van der Waals surface area (Å²) in [5.41, 5.74) is 1.97. The highest BCUT2D eigenvalue weighted by Crippen LogP contribution is 2.40. The molecule has 2 saturated heterocycles. The van der Waals surface area contributed by atoms with Crippen molar-refractivity contribution in [3.63, 3.8) is 0 Å². The fourth-order valence-corrected chi connectivity index (χ4v) is 6.96. The zero-order chi connectivity index (χ0) is 26.4. The van der Waals surface area contributed by atoms with Crippen molar-refractivity contribution < 1.29 is 14.4 Å². The number of piperazine rings is 1. The van der Waals surface area contributed by atoms with Crippen LogP contribution >= 0.6 is 23.5 Å². The number of nitrogens with zero attached hydrogens (tertiary/aromatic N) is 4. The first-order valence-corrected chi connectivity index (χ1v) is 14.6. The fourth-order valence-electron chi connectivity index (χ4n) is 5.58. The molecule has 3 amide bonds. The van der Waals surface area contributed by atoms with Gasteiger partial charge in [0, 0.05) is 42.2 Å². The predicted molar refractivity (Wildman–Crippen MR) is 145 cm³/mol. The molecule has 4 fully saturated rings. The predicted octanol–water partition coefficient (Wildman–Crippen LogP) is 3.42. The second-order valence-electron chi connectivity index (χ2n) is 10.8. The fraction of sp³-hybridized carbons (Fsp3) is 0.500. The Balaban J connectivity index is 1.35. The van der Waals surface area contributed by atoms with Crippen molar-refractivity contribution in [1.29, 1.82) is 0 Å². The number of fused-ring (bicyclic) bond motifs is 1. The topological polar surface area (TPSA) is 85.9 Å². The SMILES string of the molecule is Cc1ccc(SN2CC(NC(=O)C3CCC3)C(=O)N3C(Cc4cccnc4)C(=O)N(C4CC4)CC23)c(Cl)c1. The Hall–Kier alpha value is -2.62. The lowest BCUT2D eigenvalue weighted by Crippen LogP contribution is -2.74. The zero-order valence-corrected chi connectivity index (χ0v) is 23.0. The summed E-state index contributed by atoms with van der Waals surface area (Å²) in [6.07, 6.45) is 8.23. The van der Waals surface area contributed by atoms with Crippen LogP contribution in [0.15, 0.2) is 47.6 Å². The standard InChI is InChI=1S/C28H32ClN5O3S/c1-17-7-10-24(21(29)12-17)38-33-15-22(31-26(35)19-5-2-6-19)27(36)34-23(13-18-4-3-11-30-14-18)28(37)32(16-25(33)34)20-8-9-20/h3-4,7,10-12,14,19-20,22-23,25H,2,5-6,8-9,13,15-16H2,1H3,(H,31,35). The van der Waals surface area contributed by atoms with E-state index in [-0.39, 0.29) is 35.8 Å². The minimum absolute atomic E-state index is 0.0229. The summed E-state index contributed by atoms with van der Waals surface area (Å²) in [6.45, 7) is 2.79. The summed E-state index contributed by atoms with van der Waals surface area (Å²) < 4.78 is 2.14. The van der Waals surface area contributed by atoms with Gasteiger partial charge in [-0.05, 0) is 73.9 Å². The number of aromatic nitrogens is 1. The van der Waals surface area contributed by atoms with Crippen molar-refractivity contribution in [2.45, 2.75) is 74.6 Å². The number of hydrogen-bond acceptors (Lipinski definition) is 6. The number of amides is 3. The molecule has 8 nitrogen and oxygen atoms in total. The lowest BCUT2D eigenvalue weighted by molar-refractivity contribution is -0.167. The van der Waals surface area contributed by atoms with Crippen molar-refractivity contribution in [1.82, 2.24) is 24.4 Å². The van der Waals surface area contributed by atoms with Crippen LogP contribution < -0.4 is 5.32 Å². The zero-order valence-electron chi connectivity index (χ0n) is 21.4. The van der Waals surface area contributed by atoms with Crippen LogP contribution in [-0.4, -0.2) is 74.2 Å². The Morgan fingerprint density at radius 3 is 2.61 bits per heavy atom. The molecular formula is C28H32ClN5O3S. The molecule has 3 atom stereocenters. The molecule has 0 radical (unpaired) electrons. The highest BCUT2D eigenvalue weighted by Gasteiger charge is 2.53. The second kappa shape index (κ2) is 10.5. The van der Waals surface area contributed by atoms with Gasteiger partial charge in [0.05, 0.1) is 11.6 Å². The molecule has 2 aliphatic heterocycles. The Labute approximate surface area is 232 Å². The summed E-state index contributed by atoms with van der Waals surface area (Å²) in [4.78, 5) is 49.6.